The van der Waals surface area contributed by atoms with E-state index >= 15 is 0 Å². The lowest BCUT2D eigenvalue weighted by Crippen LogP contribution is -2.50. The second-order valence-electron chi connectivity index (χ2n) is 9.27. The second-order valence-corrected chi connectivity index (χ2v) is 9.27. The van der Waals surface area contributed by atoms with Gasteiger partial charge in [-0.05, 0) is 48.9 Å². The number of nitriles is 1. The Hall–Kier alpha value is -3.53. The Bertz CT molecular complexity index is 1100. The lowest BCUT2D eigenvalue weighted by Gasteiger charge is -2.46. The average Bonchev–Trinajstić information content (AvgIpc) is 2.85. The molecule has 2 aromatic carbocycles. The third kappa shape index (κ3) is 4.45. The number of amides is 2. The SMILES string of the molecule is CC[C@H]1[C@H](C)[C@@H](Nc2ccc(C#N)cc2)c2cc(N3CCN(C(C)=O)CC3)ccc2N1C(C)=O. The van der Waals surface area contributed by atoms with Crippen molar-refractivity contribution >= 4 is 28.9 Å². The molecule has 2 heterocycles. The minimum Gasteiger partial charge on any atom is -0.378 e. The average molecular weight is 460 g/mol. The molecule has 1 fully saturated rings. The van der Waals surface area contributed by atoms with Gasteiger partial charge in [0.25, 0.3) is 0 Å². The molecular formula is C27H33N5O2. The van der Waals surface area contributed by atoms with Crippen LogP contribution in [0.5, 0.6) is 0 Å². The van der Waals surface area contributed by atoms with E-state index in [2.05, 4.69) is 48.3 Å². The van der Waals surface area contributed by atoms with Gasteiger partial charge in [0, 0.05) is 74.6 Å². The van der Waals surface area contributed by atoms with Gasteiger partial charge in [0.1, 0.15) is 0 Å². The summed E-state index contributed by atoms with van der Waals surface area (Å²) in [5, 5.41) is 12.8. The maximum atomic E-state index is 12.7. The van der Waals surface area contributed by atoms with Crippen LogP contribution in [0.4, 0.5) is 17.1 Å². The highest BCUT2D eigenvalue weighted by molar-refractivity contribution is 5.94. The molecule has 4 rings (SSSR count). The van der Waals surface area contributed by atoms with Crippen molar-refractivity contribution in [1.82, 2.24) is 4.90 Å². The second kappa shape index (κ2) is 9.76. The topological polar surface area (TPSA) is 79.7 Å². The Labute approximate surface area is 201 Å². The molecule has 178 valence electrons. The molecular weight excluding hydrogens is 426 g/mol. The van der Waals surface area contributed by atoms with E-state index in [1.165, 1.54) is 0 Å². The normalized spacial score (nSPS) is 22.1. The minimum atomic E-state index is 0.0157. The third-order valence-corrected chi connectivity index (χ3v) is 7.25. The van der Waals surface area contributed by atoms with E-state index in [4.69, 9.17) is 5.26 Å². The highest BCUT2D eigenvalue weighted by Crippen LogP contribution is 2.45. The molecule has 0 radical (unpaired) electrons. The van der Waals surface area contributed by atoms with Crippen molar-refractivity contribution < 1.29 is 9.59 Å². The Kier molecular flexibility index (Phi) is 6.78. The largest absolute Gasteiger partial charge is 0.378 e. The van der Waals surface area contributed by atoms with Crippen LogP contribution in [-0.2, 0) is 9.59 Å². The van der Waals surface area contributed by atoms with Crippen molar-refractivity contribution in [3.05, 3.63) is 53.6 Å². The third-order valence-electron chi connectivity index (χ3n) is 7.25. The van der Waals surface area contributed by atoms with Crippen molar-refractivity contribution in [1.29, 1.82) is 5.26 Å². The van der Waals surface area contributed by atoms with Crippen molar-refractivity contribution in [3.8, 4) is 6.07 Å². The number of fused-ring (bicyclic) bond motifs is 1. The number of piperazine rings is 1. The van der Waals surface area contributed by atoms with Crippen LogP contribution in [0, 0.1) is 17.2 Å². The first-order valence-electron chi connectivity index (χ1n) is 12.0. The summed E-state index contributed by atoms with van der Waals surface area (Å²) in [5.41, 5.74) is 4.74. The first-order chi connectivity index (χ1) is 16.3. The Morgan fingerprint density at radius 1 is 1.03 bits per heavy atom. The molecule has 1 saturated heterocycles. The summed E-state index contributed by atoms with van der Waals surface area (Å²) in [7, 11) is 0. The lowest BCUT2D eigenvalue weighted by molar-refractivity contribution is -0.129. The molecule has 0 aliphatic carbocycles. The molecule has 0 unspecified atom stereocenters. The number of nitrogens with one attached hydrogen (secondary N) is 1. The van der Waals surface area contributed by atoms with E-state index in [0.717, 1.165) is 42.1 Å². The summed E-state index contributed by atoms with van der Waals surface area (Å²) in [4.78, 5) is 30.6. The summed E-state index contributed by atoms with van der Waals surface area (Å²) >= 11 is 0. The van der Waals surface area contributed by atoms with Crippen molar-refractivity contribution in [2.75, 3.05) is 41.3 Å². The van der Waals surface area contributed by atoms with Gasteiger partial charge in [-0.25, -0.2) is 0 Å². The highest BCUT2D eigenvalue weighted by Gasteiger charge is 2.40. The number of anilines is 3. The standard InChI is InChI=1S/C27H33N5O2/c1-5-25-18(2)27(29-22-8-6-21(17-28)7-9-22)24-16-23(10-11-26(24)32(25)20(4)34)31-14-12-30(13-15-31)19(3)33/h6-11,16,18,25,27,29H,5,12-15H2,1-4H3/t18-,25-,27+/m0/s1. The van der Waals surface area contributed by atoms with Crippen molar-refractivity contribution in [2.24, 2.45) is 5.92 Å². The van der Waals surface area contributed by atoms with Gasteiger partial charge in [0.2, 0.25) is 11.8 Å². The van der Waals surface area contributed by atoms with Gasteiger partial charge in [-0.15, -0.1) is 0 Å². The molecule has 1 N–H and O–H groups in total. The maximum Gasteiger partial charge on any atom is 0.224 e. The summed E-state index contributed by atoms with van der Waals surface area (Å²) in [5.74, 6) is 0.356. The molecule has 0 saturated carbocycles. The minimum absolute atomic E-state index is 0.0157. The van der Waals surface area contributed by atoms with Gasteiger partial charge in [-0.1, -0.05) is 13.8 Å². The van der Waals surface area contributed by atoms with Gasteiger partial charge in [0.15, 0.2) is 0 Å². The molecule has 2 aromatic rings. The zero-order valence-electron chi connectivity index (χ0n) is 20.4. The number of hydrogen-bond acceptors (Lipinski definition) is 5. The molecule has 34 heavy (non-hydrogen) atoms. The molecule has 2 aliphatic rings. The van der Waals surface area contributed by atoms with Crippen LogP contribution in [0.15, 0.2) is 42.5 Å². The molecule has 0 spiro atoms. The molecule has 2 aliphatic heterocycles. The number of carbonyl (C=O) groups is 2. The lowest BCUT2D eigenvalue weighted by atomic mass is 9.80. The van der Waals surface area contributed by atoms with Crippen LogP contribution in [0.2, 0.25) is 0 Å². The van der Waals surface area contributed by atoms with Crippen LogP contribution in [0.25, 0.3) is 0 Å². The molecule has 7 heteroatoms. The summed E-state index contributed by atoms with van der Waals surface area (Å²) in [6.45, 7) is 10.6. The highest BCUT2D eigenvalue weighted by atomic mass is 16.2. The monoisotopic (exact) mass is 459 g/mol. The Morgan fingerprint density at radius 2 is 1.71 bits per heavy atom. The fourth-order valence-electron chi connectivity index (χ4n) is 5.39. The van der Waals surface area contributed by atoms with E-state index in [1.54, 1.807) is 13.8 Å². The fourth-order valence-corrected chi connectivity index (χ4v) is 5.39. The Balaban J connectivity index is 1.71. The predicted molar refractivity (Wildman–Crippen MR) is 135 cm³/mol. The number of nitrogens with zero attached hydrogens (tertiary/aromatic N) is 4. The van der Waals surface area contributed by atoms with Crippen molar-refractivity contribution in [3.63, 3.8) is 0 Å². The van der Waals surface area contributed by atoms with Crippen LogP contribution in [0.3, 0.4) is 0 Å². The van der Waals surface area contributed by atoms with Gasteiger partial charge >= 0.3 is 0 Å². The fraction of sp³-hybridized carbons (Fsp3) is 0.444. The number of carbonyl (C=O) groups excluding carboxylic acids is 2. The molecule has 2 amide bonds. The van der Waals surface area contributed by atoms with Gasteiger partial charge in [-0.2, -0.15) is 5.26 Å². The Morgan fingerprint density at radius 3 is 2.26 bits per heavy atom. The van der Waals surface area contributed by atoms with E-state index in [9.17, 15) is 9.59 Å². The maximum absolute atomic E-state index is 12.7. The van der Waals surface area contributed by atoms with Gasteiger partial charge < -0.3 is 20.0 Å². The van der Waals surface area contributed by atoms with Crippen LogP contribution in [0.1, 0.15) is 51.3 Å². The van der Waals surface area contributed by atoms with Crippen LogP contribution in [-0.4, -0.2) is 48.9 Å². The van der Waals surface area contributed by atoms with Crippen LogP contribution < -0.4 is 15.1 Å². The van der Waals surface area contributed by atoms with E-state index < -0.39 is 0 Å². The summed E-state index contributed by atoms with van der Waals surface area (Å²) < 4.78 is 0. The van der Waals surface area contributed by atoms with E-state index in [1.807, 2.05) is 34.1 Å². The molecule has 0 aromatic heterocycles. The predicted octanol–water partition coefficient (Wildman–Crippen LogP) is 4.16. The summed E-state index contributed by atoms with van der Waals surface area (Å²) in [6.07, 6.45) is 0.862. The summed E-state index contributed by atoms with van der Waals surface area (Å²) in [6, 6.07) is 16.2. The van der Waals surface area contributed by atoms with E-state index in [-0.39, 0.29) is 29.8 Å². The van der Waals surface area contributed by atoms with Crippen molar-refractivity contribution in [2.45, 2.75) is 46.2 Å². The van der Waals surface area contributed by atoms with Gasteiger partial charge in [-0.3, -0.25) is 9.59 Å². The molecule has 7 nitrogen and oxygen atoms in total. The first-order valence-corrected chi connectivity index (χ1v) is 12.0. The molecule has 3 atom stereocenters. The van der Waals surface area contributed by atoms with E-state index in [0.29, 0.717) is 18.7 Å². The van der Waals surface area contributed by atoms with Gasteiger partial charge in [0.05, 0.1) is 17.7 Å². The number of benzene rings is 2. The zero-order valence-corrected chi connectivity index (χ0v) is 20.4. The molecule has 0 bridgehead atoms. The first kappa shape index (κ1) is 23.6. The van der Waals surface area contributed by atoms with Crippen LogP contribution >= 0.6 is 0 Å². The zero-order chi connectivity index (χ0) is 24.4. The number of hydrogen-bond donors (Lipinski definition) is 1. The number of rotatable bonds is 4. The quantitative estimate of drug-likeness (QED) is 0.743. The smallest absolute Gasteiger partial charge is 0.224 e.